The first-order valence-corrected chi connectivity index (χ1v) is 9.61. The molecule has 0 saturated carbocycles. The van der Waals surface area contributed by atoms with Crippen molar-refractivity contribution < 1.29 is 14.3 Å². The largest absolute Gasteiger partial charge is 0.461 e. The number of rotatable bonds is 5. The Hall–Kier alpha value is -3.28. The topological polar surface area (TPSA) is 80.1 Å². The van der Waals surface area contributed by atoms with Gasteiger partial charge in [0.1, 0.15) is 0 Å². The highest BCUT2D eigenvalue weighted by Gasteiger charge is 2.31. The van der Waals surface area contributed by atoms with E-state index in [4.69, 9.17) is 4.74 Å². The van der Waals surface area contributed by atoms with Crippen LogP contribution < -0.4 is 5.32 Å². The van der Waals surface area contributed by atoms with Gasteiger partial charge in [0.2, 0.25) is 0 Å². The molecule has 0 radical (unpaired) electrons. The van der Waals surface area contributed by atoms with Gasteiger partial charge in [-0.25, -0.2) is 4.79 Å². The predicted molar refractivity (Wildman–Crippen MR) is 112 cm³/mol. The van der Waals surface area contributed by atoms with Crippen molar-refractivity contribution >= 4 is 23.1 Å². The van der Waals surface area contributed by atoms with Gasteiger partial charge in [-0.2, -0.15) is 5.11 Å². The lowest BCUT2D eigenvalue weighted by Gasteiger charge is -2.35. The van der Waals surface area contributed by atoms with Gasteiger partial charge in [-0.05, 0) is 63.9 Å². The van der Waals surface area contributed by atoms with Crippen LogP contribution in [0, 0.1) is 0 Å². The number of Topliss-reactive ketones (excluding diaryl/α,β-unsaturated/α-hetero) is 1. The molecule has 150 valence electrons. The first kappa shape index (κ1) is 20.5. The first-order valence-electron chi connectivity index (χ1n) is 9.61. The summed E-state index contributed by atoms with van der Waals surface area (Å²) in [5.74, 6) is -0.556. The van der Waals surface area contributed by atoms with Gasteiger partial charge in [0.05, 0.1) is 18.0 Å². The van der Waals surface area contributed by atoms with Crippen LogP contribution in [-0.2, 0) is 16.0 Å². The molecule has 3 rings (SSSR count). The standard InChI is InChI=1S/C23H25N3O3/c1-5-29-22(28)21(26-25-18-12-10-16(11-13-18)15(2)27)20-19-9-7-6-8-17(19)14-23(3,4)24-20/h6-13,24H,5,14H2,1-4H3/b21-20+,26-25+. The molecule has 0 bridgehead atoms. The van der Waals surface area contributed by atoms with Gasteiger partial charge in [0, 0.05) is 16.7 Å². The minimum atomic E-state index is -0.536. The molecule has 0 amide bonds. The number of esters is 1. The Labute approximate surface area is 170 Å². The van der Waals surface area contributed by atoms with E-state index in [1.165, 1.54) is 6.92 Å². The summed E-state index contributed by atoms with van der Waals surface area (Å²) in [6.45, 7) is 7.65. The molecule has 0 aliphatic carbocycles. The molecular formula is C23H25N3O3. The highest BCUT2D eigenvalue weighted by atomic mass is 16.5. The molecule has 0 atom stereocenters. The lowest BCUT2D eigenvalue weighted by atomic mass is 9.85. The molecule has 0 saturated heterocycles. The number of hydrogen-bond acceptors (Lipinski definition) is 6. The molecule has 6 nitrogen and oxygen atoms in total. The molecule has 29 heavy (non-hydrogen) atoms. The van der Waals surface area contributed by atoms with Gasteiger partial charge in [-0.15, -0.1) is 5.11 Å². The molecule has 6 heteroatoms. The number of ketones is 1. The predicted octanol–water partition coefficient (Wildman–Crippen LogP) is 4.83. The minimum Gasteiger partial charge on any atom is -0.461 e. The van der Waals surface area contributed by atoms with Crippen molar-refractivity contribution in [1.82, 2.24) is 5.32 Å². The second-order valence-corrected chi connectivity index (χ2v) is 7.59. The minimum absolute atomic E-state index is 0.0203. The molecule has 1 aliphatic rings. The number of carbonyl (C=O) groups is 2. The van der Waals surface area contributed by atoms with Crippen molar-refractivity contribution in [3.8, 4) is 0 Å². The van der Waals surface area contributed by atoms with Gasteiger partial charge in [-0.1, -0.05) is 24.3 Å². The number of fused-ring (bicyclic) bond motifs is 1. The maximum Gasteiger partial charge on any atom is 0.361 e. The van der Waals surface area contributed by atoms with Crippen molar-refractivity contribution in [2.75, 3.05) is 6.61 Å². The summed E-state index contributed by atoms with van der Waals surface area (Å²) in [7, 11) is 0. The maximum atomic E-state index is 12.7. The Morgan fingerprint density at radius 1 is 1.10 bits per heavy atom. The van der Waals surface area contributed by atoms with E-state index in [9.17, 15) is 9.59 Å². The second kappa shape index (κ2) is 8.39. The fourth-order valence-corrected chi connectivity index (χ4v) is 3.29. The van der Waals surface area contributed by atoms with Crippen molar-refractivity contribution in [3.05, 3.63) is 70.9 Å². The molecule has 0 aromatic heterocycles. The third kappa shape index (κ3) is 4.77. The zero-order valence-corrected chi connectivity index (χ0v) is 17.2. The Morgan fingerprint density at radius 3 is 2.45 bits per heavy atom. The molecule has 0 spiro atoms. The summed E-state index contributed by atoms with van der Waals surface area (Å²) in [4.78, 5) is 24.1. The van der Waals surface area contributed by atoms with Crippen molar-refractivity contribution in [1.29, 1.82) is 0 Å². The summed E-state index contributed by atoms with van der Waals surface area (Å²) >= 11 is 0. The summed E-state index contributed by atoms with van der Waals surface area (Å²) in [6, 6.07) is 14.7. The summed E-state index contributed by atoms with van der Waals surface area (Å²) in [5.41, 5.74) is 3.68. The van der Waals surface area contributed by atoms with Crippen molar-refractivity contribution in [3.63, 3.8) is 0 Å². The highest BCUT2D eigenvalue weighted by molar-refractivity contribution is 5.97. The quantitative estimate of drug-likeness (QED) is 0.343. The van der Waals surface area contributed by atoms with E-state index in [1.807, 2.05) is 18.2 Å². The van der Waals surface area contributed by atoms with Crippen LogP contribution in [0.15, 0.2) is 64.5 Å². The van der Waals surface area contributed by atoms with Crippen LogP contribution in [0.4, 0.5) is 5.69 Å². The van der Waals surface area contributed by atoms with E-state index in [0.717, 1.165) is 17.5 Å². The Morgan fingerprint density at radius 2 is 1.79 bits per heavy atom. The number of benzene rings is 2. The normalized spacial score (nSPS) is 16.7. The Kier molecular flexibility index (Phi) is 5.92. The molecule has 2 aromatic rings. The number of azo groups is 1. The van der Waals surface area contributed by atoms with Gasteiger partial charge < -0.3 is 10.1 Å². The monoisotopic (exact) mass is 391 g/mol. The number of carbonyl (C=O) groups excluding carboxylic acids is 2. The molecular weight excluding hydrogens is 366 g/mol. The molecule has 1 aliphatic heterocycles. The number of nitrogens with one attached hydrogen (secondary N) is 1. The third-order valence-corrected chi connectivity index (χ3v) is 4.63. The smallest absolute Gasteiger partial charge is 0.361 e. The van der Waals surface area contributed by atoms with Crippen molar-refractivity contribution in [2.45, 2.75) is 39.7 Å². The first-order chi connectivity index (χ1) is 13.8. The fourth-order valence-electron chi connectivity index (χ4n) is 3.29. The van der Waals surface area contributed by atoms with Crippen LogP contribution >= 0.6 is 0 Å². The maximum absolute atomic E-state index is 12.7. The van der Waals surface area contributed by atoms with E-state index < -0.39 is 5.97 Å². The molecule has 1 heterocycles. The van der Waals surface area contributed by atoms with E-state index in [0.29, 0.717) is 16.9 Å². The van der Waals surface area contributed by atoms with E-state index in [1.54, 1.807) is 31.2 Å². The molecule has 0 fully saturated rings. The van der Waals surface area contributed by atoms with Crippen molar-refractivity contribution in [2.24, 2.45) is 10.2 Å². The SMILES string of the molecule is CCOC(=O)C(/N=N/c1ccc(C(C)=O)cc1)=C1\NC(C)(C)Cc2ccccc21. The lowest BCUT2D eigenvalue weighted by molar-refractivity contribution is -0.138. The number of hydrogen-bond donors (Lipinski definition) is 1. The second-order valence-electron chi connectivity index (χ2n) is 7.59. The summed E-state index contributed by atoms with van der Waals surface area (Å²) in [5, 5.41) is 11.9. The number of nitrogens with zero attached hydrogens (tertiary/aromatic N) is 2. The van der Waals surface area contributed by atoms with Gasteiger partial charge in [0.25, 0.3) is 0 Å². The van der Waals surface area contributed by atoms with Crippen LogP contribution in [-0.4, -0.2) is 23.9 Å². The summed E-state index contributed by atoms with van der Waals surface area (Å²) < 4.78 is 5.24. The highest BCUT2D eigenvalue weighted by Crippen LogP contribution is 2.32. The zero-order chi connectivity index (χ0) is 21.0. The molecule has 2 aromatic carbocycles. The third-order valence-electron chi connectivity index (χ3n) is 4.63. The lowest BCUT2D eigenvalue weighted by Crippen LogP contribution is -2.44. The molecule has 1 N–H and O–H groups in total. The van der Waals surface area contributed by atoms with Crippen LogP contribution in [0.5, 0.6) is 0 Å². The summed E-state index contributed by atoms with van der Waals surface area (Å²) in [6.07, 6.45) is 0.826. The van der Waals surface area contributed by atoms with Crippen LogP contribution in [0.3, 0.4) is 0 Å². The molecule has 0 unspecified atom stereocenters. The Balaban J connectivity index is 2.07. The van der Waals surface area contributed by atoms with E-state index >= 15 is 0 Å². The van der Waals surface area contributed by atoms with Gasteiger partial charge >= 0.3 is 5.97 Å². The average molecular weight is 391 g/mol. The van der Waals surface area contributed by atoms with E-state index in [-0.39, 0.29) is 23.6 Å². The van der Waals surface area contributed by atoms with Gasteiger partial charge in [-0.3, -0.25) is 4.79 Å². The number of ether oxygens (including phenoxy) is 1. The van der Waals surface area contributed by atoms with Crippen LogP contribution in [0.1, 0.15) is 49.2 Å². The fraction of sp³-hybridized carbons (Fsp3) is 0.304. The van der Waals surface area contributed by atoms with Crippen LogP contribution in [0.25, 0.3) is 5.70 Å². The van der Waals surface area contributed by atoms with Crippen LogP contribution in [0.2, 0.25) is 0 Å². The van der Waals surface area contributed by atoms with E-state index in [2.05, 4.69) is 35.5 Å². The Bertz CT molecular complexity index is 989. The average Bonchev–Trinajstić information content (AvgIpc) is 2.67. The zero-order valence-electron chi connectivity index (χ0n) is 17.2. The van der Waals surface area contributed by atoms with Gasteiger partial charge in [0.15, 0.2) is 11.5 Å².